The number of aromatic nitrogens is 1. The van der Waals surface area contributed by atoms with Gasteiger partial charge in [-0.25, -0.2) is 4.98 Å². The highest BCUT2D eigenvalue weighted by Gasteiger charge is 2.25. The van der Waals surface area contributed by atoms with Crippen LogP contribution in [0.5, 0.6) is 0 Å². The van der Waals surface area contributed by atoms with Gasteiger partial charge in [-0.15, -0.1) is 11.3 Å². The Morgan fingerprint density at radius 2 is 1.94 bits per heavy atom. The monoisotopic (exact) mass is 244 g/mol. The zero-order chi connectivity index (χ0) is 11.8. The van der Waals surface area contributed by atoms with Gasteiger partial charge in [0.2, 0.25) is 0 Å². The average molecular weight is 244 g/mol. The van der Waals surface area contributed by atoms with E-state index in [2.05, 4.69) is 17.1 Å². The Bertz CT molecular complexity index is 551. The Kier molecular flexibility index (Phi) is 2.44. The van der Waals surface area contributed by atoms with Crippen molar-refractivity contribution in [3.8, 4) is 0 Å². The van der Waals surface area contributed by atoms with Crippen molar-refractivity contribution >= 4 is 17.2 Å². The maximum Gasteiger partial charge on any atom is 0.266 e. The second-order valence-corrected chi connectivity index (χ2v) is 5.05. The molecule has 0 fully saturated rings. The molecule has 3 nitrogen and oxygen atoms in total. The molecular formula is C13H12N2OS. The maximum absolute atomic E-state index is 12.3. The van der Waals surface area contributed by atoms with E-state index in [9.17, 15) is 4.79 Å². The van der Waals surface area contributed by atoms with Crippen LogP contribution in [0.4, 0.5) is 0 Å². The number of hydrogen-bond donors (Lipinski definition) is 0. The van der Waals surface area contributed by atoms with Crippen LogP contribution in [0.3, 0.4) is 0 Å². The summed E-state index contributed by atoms with van der Waals surface area (Å²) in [5, 5.41) is 0. The SMILES string of the molecule is Cc1ncsc1C(=O)N1Cc2ccccc2C1. The molecule has 0 spiro atoms. The Balaban J connectivity index is 1.86. The lowest BCUT2D eigenvalue weighted by Crippen LogP contribution is -2.25. The number of thiazole rings is 1. The molecule has 0 bridgehead atoms. The summed E-state index contributed by atoms with van der Waals surface area (Å²) in [6, 6.07) is 8.21. The summed E-state index contributed by atoms with van der Waals surface area (Å²) in [7, 11) is 0. The van der Waals surface area contributed by atoms with Crippen molar-refractivity contribution in [1.82, 2.24) is 9.88 Å². The molecule has 0 saturated heterocycles. The normalized spacial score (nSPS) is 13.8. The Labute approximate surface area is 104 Å². The molecule has 0 saturated carbocycles. The largest absolute Gasteiger partial charge is 0.329 e. The van der Waals surface area contributed by atoms with Crippen molar-refractivity contribution in [1.29, 1.82) is 0 Å². The van der Waals surface area contributed by atoms with Crippen molar-refractivity contribution in [2.45, 2.75) is 20.0 Å². The van der Waals surface area contributed by atoms with Crippen LogP contribution in [-0.4, -0.2) is 15.8 Å². The lowest BCUT2D eigenvalue weighted by Gasteiger charge is -2.14. The van der Waals surface area contributed by atoms with E-state index >= 15 is 0 Å². The van der Waals surface area contributed by atoms with Crippen molar-refractivity contribution in [3.63, 3.8) is 0 Å². The molecule has 1 aliphatic rings. The van der Waals surface area contributed by atoms with Gasteiger partial charge in [-0.1, -0.05) is 24.3 Å². The molecule has 0 unspecified atom stereocenters. The molecule has 0 atom stereocenters. The van der Waals surface area contributed by atoms with Gasteiger partial charge in [0.05, 0.1) is 11.2 Å². The summed E-state index contributed by atoms with van der Waals surface area (Å²) >= 11 is 1.42. The fourth-order valence-electron chi connectivity index (χ4n) is 2.13. The molecule has 3 rings (SSSR count). The molecule has 1 aliphatic heterocycles. The predicted molar refractivity (Wildman–Crippen MR) is 66.9 cm³/mol. The van der Waals surface area contributed by atoms with E-state index in [0.717, 1.165) is 10.6 Å². The molecular weight excluding hydrogens is 232 g/mol. The Hall–Kier alpha value is -1.68. The maximum atomic E-state index is 12.3. The van der Waals surface area contributed by atoms with E-state index in [1.54, 1.807) is 5.51 Å². The quantitative estimate of drug-likeness (QED) is 0.772. The van der Waals surface area contributed by atoms with Crippen LogP contribution in [0.15, 0.2) is 29.8 Å². The van der Waals surface area contributed by atoms with Crippen molar-refractivity contribution < 1.29 is 4.79 Å². The zero-order valence-electron chi connectivity index (χ0n) is 9.51. The minimum absolute atomic E-state index is 0.0983. The number of carbonyl (C=O) groups excluding carboxylic acids is 1. The van der Waals surface area contributed by atoms with Gasteiger partial charge in [-0.2, -0.15) is 0 Å². The van der Waals surface area contributed by atoms with Gasteiger partial charge in [0.1, 0.15) is 4.88 Å². The number of aryl methyl sites for hydroxylation is 1. The molecule has 1 aromatic heterocycles. The van der Waals surface area contributed by atoms with Crippen molar-refractivity contribution in [2.75, 3.05) is 0 Å². The van der Waals surface area contributed by atoms with Gasteiger partial charge in [0.25, 0.3) is 5.91 Å². The third kappa shape index (κ3) is 1.74. The highest BCUT2D eigenvalue weighted by molar-refractivity contribution is 7.11. The van der Waals surface area contributed by atoms with E-state index in [-0.39, 0.29) is 5.91 Å². The van der Waals surface area contributed by atoms with E-state index in [0.29, 0.717) is 13.1 Å². The molecule has 86 valence electrons. The van der Waals surface area contributed by atoms with E-state index in [1.807, 2.05) is 24.0 Å². The Morgan fingerprint density at radius 1 is 1.29 bits per heavy atom. The smallest absolute Gasteiger partial charge is 0.266 e. The first-order valence-corrected chi connectivity index (χ1v) is 6.40. The number of benzene rings is 1. The molecule has 0 N–H and O–H groups in total. The first kappa shape index (κ1) is 10.5. The molecule has 2 heterocycles. The molecule has 1 amide bonds. The third-order valence-corrected chi connectivity index (χ3v) is 3.98. The van der Waals surface area contributed by atoms with E-state index in [1.165, 1.54) is 22.5 Å². The van der Waals surface area contributed by atoms with Gasteiger partial charge < -0.3 is 4.90 Å². The number of rotatable bonds is 1. The molecule has 1 aromatic carbocycles. The molecule has 0 radical (unpaired) electrons. The first-order valence-electron chi connectivity index (χ1n) is 5.52. The van der Waals surface area contributed by atoms with Crippen LogP contribution in [0.2, 0.25) is 0 Å². The summed E-state index contributed by atoms with van der Waals surface area (Å²) < 4.78 is 0. The predicted octanol–water partition coefficient (Wildman–Crippen LogP) is 2.61. The van der Waals surface area contributed by atoms with Crippen molar-refractivity contribution in [3.05, 3.63) is 51.5 Å². The number of hydrogen-bond acceptors (Lipinski definition) is 3. The Morgan fingerprint density at radius 3 is 2.47 bits per heavy atom. The van der Waals surface area contributed by atoms with Crippen LogP contribution in [0, 0.1) is 6.92 Å². The lowest BCUT2D eigenvalue weighted by atomic mass is 10.1. The standard InChI is InChI=1S/C13H12N2OS/c1-9-12(17-8-14-9)13(16)15-6-10-4-2-3-5-11(10)7-15/h2-5,8H,6-7H2,1H3. The van der Waals surface area contributed by atoms with Crippen LogP contribution in [-0.2, 0) is 13.1 Å². The first-order chi connectivity index (χ1) is 8.25. The summed E-state index contributed by atoms with van der Waals surface area (Å²) in [5.74, 6) is 0.0983. The van der Waals surface area contributed by atoms with Gasteiger partial charge in [-0.05, 0) is 18.1 Å². The third-order valence-electron chi connectivity index (χ3n) is 3.07. The molecule has 0 aliphatic carbocycles. The van der Waals surface area contributed by atoms with E-state index < -0.39 is 0 Å². The van der Waals surface area contributed by atoms with E-state index in [4.69, 9.17) is 0 Å². The second-order valence-electron chi connectivity index (χ2n) is 4.20. The molecule has 4 heteroatoms. The summed E-state index contributed by atoms with van der Waals surface area (Å²) in [6.45, 7) is 3.31. The zero-order valence-corrected chi connectivity index (χ0v) is 10.3. The summed E-state index contributed by atoms with van der Waals surface area (Å²) in [4.78, 5) is 19.1. The van der Waals surface area contributed by atoms with Gasteiger partial charge in [-0.3, -0.25) is 4.79 Å². The molecule has 17 heavy (non-hydrogen) atoms. The number of amides is 1. The summed E-state index contributed by atoms with van der Waals surface area (Å²) in [6.07, 6.45) is 0. The fraction of sp³-hybridized carbons (Fsp3) is 0.231. The van der Waals surface area contributed by atoms with Gasteiger partial charge in [0, 0.05) is 13.1 Å². The van der Waals surface area contributed by atoms with Crippen LogP contribution in [0.1, 0.15) is 26.5 Å². The highest BCUT2D eigenvalue weighted by Crippen LogP contribution is 2.25. The van der Waals surface area contributed by atoms with Crippen molar-refractivity contribution in [2.24, 2.45) is 0 Å². The number of carbonyl (C=O) groups is 1. The fourth-order valence-corrected chi connectivity index (χ4v) is 2.90. The summed E-state index contributed by atoms with van der Waals surface area (Å²) in [5.41, 5.74) is 5.06. The number of fused-ring (bicyclic) bond motifs is 1. The topological polar surface area (TPSA) is 33.2 Å². The van der Waals surface area contributed by atoms with Crippen LogP contribution < -0.4 is 0 Å². The van der Waals surface area contributed by atoms with Gasteiger partial charge in [0.15, 0.2) is 0 Å². The lowest BCUT2D eigenvalue weighted by molar-refractivity contribution is 0.0755. The van der Waals surface area contributed by atoms with Crippen LogP contribution >= 0.6 is 11.3 Å². The molecule has 2 aromatic rings. The minimum atomic E-state index is 0.0983. The number of nitrogens with zero attached hydrogens (tertiary/aromatic N) is 2. The van der Waals surface area contributed by atoms with Gasteiger partial charge >= 0.3 is 0 Å². The second kappa shape index (κ2) is 3.96. The minimum Gasteiger partial charge on any atom is -0.329 e. The average Bonchev–Trinajstić information content (AvgIpc) is 2.93. The highest BCUT2D eigenvalue weighted by atomic mass is 32.1. The van der Waals surface area contributed by atoms with Crippen LogP contribution in [0.25, 0.3) is 0 Å².